The highest BCUT2D eigenvalue weighted by Crippen LogP contribution is 2.08. The summed E-state index contributed by atoms with van der Waals surface area (Å²) in [5, 5.41) is 4.92. The molecular formula is C10H23NO4S. The fourth-order valence-electron chi connectivity index (χ4n) is 1.16. The molecular weight excluding hydrogens is 230 g/mol. The van der Waals surface area contributed by atoms with Crippen LogP contribution in [0.25, 0.3) is 0 Å². The summed E-state index contributed by atoms with van der Waals surface area (Å²) in [7, 11) is -3.32. The van der Waals surface area contributed by atoms with Gasteiger partial charge in [-0.3, -0.25) is 0 Å². The SMILES string of the molecule is CCOCCOCCC(C)CCS(N)(=O)=O. The summed E-state index contributed by atoms with van der Waals surface area (Å²) < 4.78 is 31.9. The predicted octanol–water partition coefficient (Wildman–Crippen LogP) is 0.744. The van der Waals surface area contributed by atoms with Gasteiger partial charge in [0.05, 0.1) is 19.0 Å². The quantitative estimate of drug-likeness (QED) is 0.583. The minimum Gasteiger partial charge on any atom is -0.379 e. The first-order valence-corrected chi connectivity index (χ1v) is 7.33. The number of primary sulfonamides is 1. The van der Waals surface area contributed by atoms with Gasteiger partial charge in [-0.1, -0.05) is 6.92 Å². The Hall–Kier alpha value is -0.170. The lowest BCUT2D eigenvalue weighted by molar-refractivity contribution is 0.0480. The molecule has 1 unspecified atom stereocenters. The van der Waals surface area contributed by atoms with Crippen LogP contribution in [0.2, 0.25) is 0 Å². The van der Waals surface area contributed by atoms with Gasteiger partial charge in [0.2, 0.25) is 10.0 Å². The molecule has 6 heteroatoms. The molecule has 0 radical (unpaired) electrons. The van der Waals surface area contributed by atoms with E-state index in [1.165, 1.54) is 0 Å². The molecule has 5 nitrogen and oxygen atoms in total. The smallest absolute Gasteiger partial charge is 0.209 e. The molecule has 0 rings (SSSR count). The van der Waals surface area contributed by atoms with Crippen molar-refractivity contribution in [2.45, 2.75) is 26.7 Å². The molecule has 0 saturated carbocycles. The number of ether oxygens (including phenoxy) is 2. The van der Waals surface area contributed by atoms with Gasteiger partial charge in [-0.25, -0.2) is 13.6 Å². The van der Waals surface area contributed by atoms with Crippen LogP contribution in [0.5, 0.6) is 0 Å². The van der Waals surface area contributed by atoms with Gasteiger partial charge in [0.25, 0.3) is 0 Å². The Balaban J connectivity index is 3.34. The zero-order valence-corrected chi connectivity index (χ0v) is 11.0. The van der Waals surface area contributed by atoms with Crippen LogP contribution in [0.15, 0.2) is 0 Å². The van der Waals surface area contributed by atoms with E-state index in [1.54, 1.807) is 0 Å². The van der Waals surface area contributed by atoms with Gasteiger partial charge in [0.1, 0.15) is 0 Å². The third-order valence-electron chi connectivity index (χ3n) is 2.23. The zero-order valence-electron chi connectivity index (χ0n) is 10.1. The number of nitrogens with two attached hydrogens (primary N) is 1. The number of hydrogen-bond donors (Lipinski definition) is 1. The molecule has 0 heterocycles. The summed E-state index contributed by atoms with van der Waals surface area (Å²) in [5.74, 6) is 0.359. The van der Waals surface area contributed by atoms with E-state index < -0.39 is 10.0 Å². The highest BCUT2D eigenvalue weighted by atomic mass is 32.2. The molecule has 0 spiro atoms. The summed E-state index contributed by atoms with van der Waals surface area (Å²) in [5.41, 5.74) is 0. The molecule has 0 aromatic heterocycles. The minimum atomic E-state index is -3.32. The molecule has 0 amide bonds. The van der Waals surface area contributed by atoms with Crippen LogP contribution in [-0.2, 0) is 19.5 Å². The number of rotatable bonds is 10. The Morgan fingerprint density at radius 1 is 1.12 bits per heavy atom. The molecule has 0 aliphatic heterocycles. The van der Waals surface area contributed by atoms with Crippen molar-refractivity contribution in [3.8, 4) is 0 Å². The van der Waals surface area contributed by atoms with Crippen LogP contribution in [0.4, 0.5) is 0 Å². The lowest BCUT2D eigenvalue weighted by Gasteiger charge is -2.10. The third kappa shape index (κ3) is 11.9. The van der Waals surface area contributed by atoms with Crippen molar-refractivity contribution >= 4 is 10.0 Å². The van der Waals surface area contributed by atoms with E-state index in [4.69, 9.17) is 14.6 Å². The lowest BCUT2D eigenvalue weighted by Crippen LogP contribution is -2.18. The first kappa shape index (κ1) is 15.8. The fraction of sp³-hybridized carbons (Fsp3) is 1.00. The summed E-state index contributed by atoms with van der Waals surface area (Å²) in [6, 6.07) is 0. The van der Waals surface area contributed by atoms with Gasteiger partial charge in [0.15, 0.2) is 0 Å². The molecule has 0 bridgehead atoms. The predicted molar refractivity (Wildman–Crippen MR) is 63.7 cm³/mol. The molecule has 0 aliphatic rings. The summed E-state index contributed by atoms with van der Waals surface area (Å²) in [6.07, 6.45) is 1.44. The molecule has 1 atom stereocenters. The molecule has 16 heavy (non-hydrogen) atoms. The van der Waals surface area contributed by atoms with E-state index in [9.17, 15) is 8.42 Å². The van der Waals surface area contributed by atoms with Crippen LogP contribution < -0.4 is 5.14 Å². The molecule has 0 saturated heterocycles. The van der Waals surface area contributed by atoms with Crippen LogP contribution in [0, 0.1) is 5.92 Å². The fourth-order valence-corrected chi connectivity index (χ4v) is 1.89. The van der Waals surface area contributed by atoms with E-state index in [2.05, 4.69) is 0 Å². The summed E-state index contributed by atoms with van der Waals surface area (Å²) in [4.78, 5) is 0. The summed E-state index contributed by atoms with van der Waals surface area (Å²) >= 11 is 0. The topological polar surface area (TPSA) is 78.6 Å². The minimum absolute atomic E-state index is 0.0487. The highest BCUT2D eigenvalue weighted by molar-refractivity contribution is 7.89. The van der Waals surface area contributed by atoms with E-state index in [0.29, 0.717) is 38.8 Å². The maximum atomic E-state index is 10.7. The van der Waals surface area contributed by atoms with Gasteiger partial charge >= 0.3 is 0 Å². The second-order valence-corrected chi connectivity index (χ2v) is 5.59. The average Bonchev–Trinajstić information content (AvgIpc) is 2.19. The molecule has 0 aliphatic carbocycles. The maximum Gasteiger partial charge on any atom is 0.209 e. The van der Waals surface area contributed by atoms with Gasteiger partial charge in [-0.15, -0.1) is 0 Å². The molecule has 0 aromatic rings. The zero-order chi connectivity index (χ0) is 12.4. The first-order chi connectivity index (χ1) is 7.45. The van der Waals surface area contributed by atoms with Crippen LogP contribution in [0.3, 0.4) is 0 Å². The van der Waals surface area contributed by atoms with Crippen LogP contribution >= 0.6 is 0 Å². The number of sulfonamides is 1. The molecule has 98 valence electrons. The standard InChI is InChI=1S/C10H23NO4S/c1-3-14-7-8-15-6-4-10(2)5-9-16(11,12)13/h10H,3-9H2,1-2H3,(H2,11,12,13). The van der Waals surface area contributed by atoms with Gasteiger partial charge in [0, 0.05) is 13.2 Å². The van der Waals surface area contributed by atoms with E-state index in [0.717, 1.165) is 6.42 Å². The first-order valence-electron chi connectivity index (χ1n) is 5.61. The van der Waals surface area contributed by atoms with Crippen molar-refractivity contribution in [1.29, 1.82) is 0 Å². The van der Waals surface area contributed by atoms with Crippen LogP contribution in [-0.4, -0.2) is 40.6 Å². The highest BCUT2D eigenvalue weighted by Gasteiger charge is 2.07. The Morgan fingerprint density at radius 2 is 1.75 bits per heavy atom. The monoisotopic (exact) mass is 253 g/mol. The Labute approximate surface area is 98.4 Å². The van der Waals surface area contributed by atoms with Crippen LogP contribution in [0.1, 0.15) is 26.7 Å². The summed E-state index contributed by atoms with van der Waals surface area (Å²) in [6.45, 7) is 6.48. The maximum absolute atomic E-state index is 10.7. The Kier molecular flexibility index (Phi) is 8.83. The molecule has 2 N–H and O–H groups in total. The average molecular weight is 253 g/mol. The third-order valence-corrected chi connectivity index (χ3v) is 3.03. The van der Waals surface area contributed by atoms with E-state index in [-0.39, 0.29) is 5.75 Å². The van der Waals surface area contributed by atoms with Crippen molar-refractivity contribution in [2.24, 2.45) is 11.1 Å². The van der Waals surface area contributed by atoms with Gasteiger partial charge in [-0.05, 0) is 25.7 Å². The van der Waals surface area contributed by atoms with Crippen molar-refractivity contribution in [3.05, 3.63) is 0 Å². The lowest BCUT2D eigenvalue weighted by atomic mass is 10.1. The van der Waals surface area contributed by atoms with Gasteiger partial charge in [-0.2, -0.15) is 0 Å². The van der Waals surface area contributed by atoms with Crippen molar-refractivity contribution < 1.29 is 17.9 Å². The van der Waals surface area contributed by atoms with Gasteiger partial charge < -0.3 is 9.47 Å². The Morgan fingerprint density at radius 3 is 2.31 bits per heavy atom. The van der Waals surface area contributed by atoms with Crippen molar-refractivity contribution in [2.75, 3.05) is 32.2 Å². The number of hydrogen-bond acceptors (Lipinski definition) is 4. The molecule has 0 fully saturated rings. The van der Waals surface area contributed by atoms with Crippen molar-refractivity contribution in [3.63, 3.8) is 0 Å². The second kappa shape index (κ2) is 8.92. The largest absolute Gasteiger partial charge is 0.379 e. The molecule has 0 aromatic carbocycles. The second-order valence-electron chi connectivity index (χ2n) is 3.86. The van der Waals surface area contributed by atoms with Crippen molar-refractivity contribution in [1.82, 2.24) is 0 Å². The Bertz CT molecular complexity index is 254. The normalized spacial score (nSPS) is 13.9. The van der Waals surface area contributed by atoms with E-state index in [1.807, 2.05) is 13.8 Å². The van der Waals surface area contributed by atoms with E-state index >= 15 is 0 Å².